The number of rotatable bonds is 5. The molecule has 1 rings (SSSR count). The summed E-state index contributed by atoms with van der Waals surface area (Å²) in [5.74, 6) is 0.330. The number of hydrogen-bond donors (Lipinski definition) is 2. The highest BCUT2D eigenvalue weighted by Crippen LogP contribution is 2.22. The molecule has 1 heterocycles. The minimum absolute atomic E-state index is 0.0649. The van der Waals surface area contributed by atoms with Gasteiger partial charge in [0.25, 0.3) is 5.91 Å². The van der Waals surface area contributed by atoms with Crippen molar-refractivity contribution in [1.82, 2.24) is 10.3 Å². The van der Waals surface area contributed by atoms with E-state index in [2.05, 4.69) is 44.9 Å². The Labute approximate surface area is 122 Å². The van der Waals surface area contributed by atoms with E-state index in [1.807, 2.05) is 6.07 Å². The fourth-order valence-electron chi connectivity index (χ4n) is 2.06. The Morgan fingerprint density at radius 2 is 2.00 bits per heavy atom. The van der Waals surface area contributed by atoms with Crippen molar-refractivity contribution in [2.24, 2.45) is 0 Å². The lowest BCUT2D eigenvalue weighted by atomic mass is 9.90. The van der Waals surface area contributed by atoms with Gasteiger partial charge in [-0.25, -0.2) is 4.98 Å². The van der Waals surface area contributed by atoms with E-state index in [4.69, 9.17) is 5.73 Å². The van der Waals surface area contributed by atoms with Gasteiger partial charge in [-0.05, 0) is 25.0 Å². The van der Waals surface area contributed by atoms with Crippen LogP contribution in [-0.2, 0) is 5.41 Å². The van der Waals surface area contributed by atoms with E-state index < -0.39 is 0 Å². The number of nitrogens with zero attached hydrogens (tertiary/aromatic N) is 1. The normalized spacial score (nSPS) is 13.1. The van der Waals surface area contributed by atoms with E-state index in [9.17, 15) is 4.79 Å². The second-order valence-corrected chi connectivity index (χ2v) is 6.28. The molecular formula is C16H27N3O. The lowest BCUT2D eigenvalue weighted by molar-refractivity contribution is 0.0933. The number of nitrogens with two attached hydrogens (primary N) is 1. The molecule has 0 spiro atoms. The maximum atomic E-state index is 12.3. The number of nitrogens with one attached hydrogen (secondary N) is 1. The van der Waals surface area contributed by atoms with E-state index in [0.29, 0.717) is 11.4 Å². The second kappa shape index (κ2) is 6.73. The van der Waals surface area contributed by atoms with Crippen molar-refractivity contribution in [3.63, 3.8) is 0 Å². The van der Waals surface area contributed by atoms with Crippen LogP contribution in [0.25, 0.3) is 0 Å². The Kier molecular flexibility index (Phi) is 5.54. The molecule has 0 aliphatic carbocycles. The first-order chi connectivity index (χ1) is 9.27. The molecule has 1 atom stereocenters. The summed E-state index contributed by atoms with van der Waals surface area (Å²) in [6.45, 7) is 10.4. The van der Waals surface area contributed by atoms with E-state index >= 15 is 0 Å². The lowest BCUT2D eigenvalue weighted by Gasteiger charge is -2.20. The van der Waals surface area contributed by atoms with Crippen molar-refractivity contribution in [2.45, 2.75) is 65.3 Å². The predicted molar refractivity (Wildman–Crippen MR) is 83.8 cm³/mol. The molecule has 1 amide bonds. The van der Waals surface area contributed by atoms with Crippen molar-refractivity contribution in [2.75, 3.05) is 5.73 Å². The molecule has 0 aliphatic heterocycles. The standard InChI is InChI=1S/C16H27N3O/c1-6-8-12(7-2)18-15(20)11-9-13(16(3,4)5)19-14(17)10-11/h9-10,12H,6-8H2,1-5H3,(H2,17,19)(H,18,20). The Bertz CT molecular complexity index is 463. The minimum Gasteiger partial charge on any atom is -0.384 e. The number of nitrogen functional groups attached to an aromatic ring is 1. The number of pyridine rings is 1. The zero-order valence-electron chi connectivity index (χ0n) is 13.3. The van der Waals surface area contributed by atoms with Gasteiger partial charge in [0.05, 0.1) is 0 Å². The van der Waals surface area contributed by atoms with Crippen LogP contribution >= 0.6 is 0 Å². The fourth-order valence-corrected chi connectivity index (χ4v) is 2.06. The topological polar surface area (TPSA) is 68.0 Å². The van der Waals surface area contributed by atoms with Gasteiger partial charge in [0, 0.05) is 22.7 Å². The molecule has 1 unspecified atom stereocenters. The third kappa shape index (κ3) is 4.51. The van der Waals surface area contributed by atoms with Gasteiger partial charge in [-0.15, -0.1) is 0 Å². The molecule has 0 bridgehead atoms. The van der Waals surface area contributed by atoms with Crippen LogP contribution in [0.1, 0.15) is 69.9 Å². The number of hydrogen-bond acceptors (Lipinski definition) is 3. The zero-order valence-corrected chi connectivity index (χ0v) is 13.3. The third-order valence-electron chi connectivity index (χ3n) is 3.34. The van der Waals surface area contributed by atoms with Crippen LogP contribution in [0, 0.1) is 0 Å². The maximum absolute atomic E-state index is 12.3. The molecule has 1 aromatic rings. The van der Waals surface area contributed by atoms with E-state index in [0.717, 1.165) is 25.0 Å². The highest BCUT2D eigenvalue weighted by Gasteiger charge is 2.19. The predicted octanol–water partition coefficient (Wildman–Crippen LogP) is 3.27. The molecule has 0 saturated heterocycles. The molecular weight excluding hydrogens is 250 g/mol. The molecule has 0 radical (unpaired) electrons. The van der Waals surface area contributed by atoms with Gasteiger partial charge in [-0.2, -0.15) is 0 Å². The molecule has 0 fully saturated rings. The number of aromatic nitrogens is 1. The molecule has 20 heavy (non-hydrogen) atoms. The summed E-state index contributed by atoms with van der Waals surface area (Å²) in [7, 11) is 0. The average Bonchev–Trinajstić information content (AvgIpc) is 2.36. The number of carbonyl (C=O) groups excluding carboxylic acids is 1. The first-order valence-electron chi connectivity index (χ1n) is 7.36. The summed E-state index contributed by atoms with van der Waals surface area (Å²) in [6, 6.07) is 3.70. The van der Waals surface area contributed by atoms with Crippen molar-refractivity contribution in [3.05, 3.63) is 23.4 Å². The van der Waals surface area contributed by atoms with Gasteiger partial charge < -0.3 is 11.1 Å². The molecule has 0 aromatic carbocycles. The van der Waals surface area contributed by atoms with E-state index in [1.54, 1.807) is 6.07 Å². The molecule has 4 nitrogen and oxygen atoms in total. The molecule has 3 N–H and O–H groups in total. The number of carbonyl (C=O) groups is 1. The van der Waals surface area contributed by atoms with Gasteiger partial charge >= 0.3 is 0 Å². The Morgan fingerprint density at radius 1 is 1.35 bits per heavy atom. The summed E-state index contributed by atoms with van der Waals surface area (Å²) >= 11 is 0. The van der Waals surface area contributed by atoms with Crippen molar-refractivity contribution >= 4 is 11.7 Å². The van der Waals surface area contributed by atoms with Gasteiger partial charge in [0.15, 0.2) is 0 Å². The smallest absolute Gasteiger partial charge is 0.251 e. The van der Waals surface area contributed by atoms with Crippen LogP contribution in [0.4, 0.5) is 5.82 Å². The number of amides is 1. The van der Waals surface area contributed by atoms with Crippen molar-refractivity contribution < 1.29 is 4.79 Å². The van der Waals surface area contributed by atoms with Crippen molar-refractivity contribution in [1.29, 1.82) is 0 Å². The quantitative estimate of drug-likeness (QED) is 0.868. The monoisotopic (exact) mass is 277 g/mol. The van der Waals surface area contributed by atoms with Crippen LogP contribution in [-0.4, -0.2) is 16.9 Å². The average molecular weight is 277 g/mol. The third-order valence-corrected chi connectivity index (χ3v) is 3.34. The van der Waals surface area contributed by atoms with Crippen molar-refractivity contribution in [3.8, 4) is 0 Å². The summed E-state index contributed by atoms with van der Waals surface area (Å²) in [6.07, 6.45) is 2.99. The Balaban J connectivity index is 2.96. The second-order valence-electron chi connectivity index (χ2n) is 6.28. The molecule has 4 heteroatoms. The minimum atomic E-state index is -0.127. The van der Waals surface area contributed by atoms with Crippen LogP contribution in [0.5, 0.6) is 0 Å². The molecule has 0 saturated carbocycles. The highest BCUT2D eigenvalue weighted by molar-refractivity contribution is 5.95. The Morgan fingerprint density at radius 3 is 2.50 bits per heavy atom. The highest BCUT2D eigenvalue weighted by atomic mass is 16.1. The zero-order chi connectivity index (χ0) is 15.3. The van der Waals surface area contributed by atoms with Gasteiger partial charge in [0.2, 0.25) is 0 Å². The molecule has 0 aliphatic rings. The largest absolute Gasteiger partial charge is 0.384 e. The van der Waals surface area contributed by atoms with Gasteiger partial charge in [-0.3, -0.25) is 4.79 Å². The van der Waals surface area contributed by atoms with Crippen LogP contribution in [0.2, 0.25) is 0 Å². The molecule has 112 valence electrons. The summed E-state index contributed by atoms with van der Waals surface area (Å²) < 4.78 is 0. The molecule has 1 aromatic heterocycles. The Hall–Kier alpha value is -1.58. The van der Waals surface area contributed by atoms with E-state index in [-0.39, 0.29) is 17.4 Å². The summed E-state index contributed by atoms with van der Waals surface area (Å²) in [4.78, 5) is 16.6. The van der Waals surface area contributed by atoms with Gasteiger partial charge in [-0.1, -0.05) is 41.0 Å². The van der Waals surface area contributed by atoms with Crippen LogP contribution < -0.4 is 11.1 Å². The summed E-state index contributed by atoms with van der Waals surface area (Å²) in [5.41, 5.74) is 7.13. The van der Waals surface area contributed by atoms with Crippen LogP contribution in [0.15, 0.2) is 12.1 Å². The van der Waals surface area contributed by atoms with Gasteiger partial charge in [0.1, 0.15) is 5.82 Å². The number of anilines is 1. The van der Waals surface area contributed by atoms with E-state index in [1.165, 1.54) is 0 Å². The first kappa shape index (κ1) is 16.5. The lowest BCUT2D eigenvalue weighted by Crippen LogP contribution is -2.34. The summed E-state index contributed by atoms with van der Waals surface area (Å²) in [5, 5.41) is 3.07. The first-order valence-corrected chi connectivity index (χ1v) is 7.36. The van der Waals surface area contributed by atoms with Crippen LogP contribution in [0.3, 0.4) is 0 Å². The maximum Gasteiger partial charge on any atom is 0.251 e. The SMILES string of the molecule is CCCC(CC)NC(=O)c1cc(N)nc(C(C)(C)C)c1. The fraction of sp³-hybridized carbons (Fsp3) is 0.625.